The van der Waals surface area contributed by atoms with E-state index >= 15 is 0 Å². The van der Waals surface area contributed by atoms with E-state index in [1.165, 1.54) is 24.9 Å². The zero-order chi connectivity index (χ0) is 24.6. The third-order valence-electron chi connectivity index (χ3n) is 6.89. The van der Waals surface area contributed by atoms with Crippen molar-refractivity contribution in [3.8, 4) is 22.5 Å². The number of aromatic nitrogens is 5. The Morgan fingerprint density at radius 3 is 2.69 bits per heavy atom. The van der Waals surface area contributed by atoms with Crippen LogP contribution in [-0.2, 0) is 4.79 Å². The monoisotopic (exact) mass is 479 g/mol. The summed E-state index contributed by atoms with van der Waals surface area (Å²) in [7, 11) is 0. The first kappa shape index (κ1) is 22.3. The summed E-state index contributed by atoms with van der Waals surface area (Å²) in [5.41, 5.74) is 7.46. The van der Waals surface area contributed by atoms with Crippen LogP contribution in [0.15, 0.2) is 55.0 Å². The molecule has 1 aliphatic heterocycles. The molecule has 1 saturated heterocycles. The van der Waals surface area contributed by atoms with Gasteiger partial charge < -0.3 is 15.2 Å². The Morgan fingerprint density at radius 2 is 1.86 bits per heavy atom. The molecular formula is C28H29N7O. The second-order valence-corrected chi connectivity index (χ2v) is 9.76. The zero-order valence-electron chi connectivity index (χ0n) is 20.5. The number of nitrogens with one attached hydrogen (secondary N) is 3. The van der Waals surface area contributed by atoms with Crippen molar-refractivity contribution in [3.05, 3.63) is 55.0 Å². The van der Waals surface area contributed by atoms with Gasteiger partial charge in [0.2, 0.25) is 5.91 Å². The number of fused-ring (bicyclic) bond motifs is 2. The number of carbonyl (C=O) groups is 1. The molecule has 5 heterocycles. The topological polar surface area (TPSA) is 103 Å². The van der Waals surface area contributed by atoms with E-state index in [1.807, 2.05) is 44.4 Å². The lowest BCUT2D eigenvalue weighted by molar-refractivity contribution is -0.118. The molecule has 182 valence electrons. The molecule has 3 N–H and O–H groups in total. The average molecular weight is 480 g/mol. The van der Waals surface area contributed by atoms with Crippen molar-refractivity contribution in [1.82, 2.24) is 25.1 Å². The van der Waals surface area contributed by atoms with Gasteiger partial charge in [-0.2, -0.15) is 5.10 Å². The molecule has 0 radical (unpaired) electrons. The number of piperidine rings is 1. The molecule has 36 heavy (non-hydrogen) atoms. The third-order valence-corrected chi connectivity index (χ3v) is 6.89. The number of amides is 1. The number of hydrogen-bond donors (Lipinski definition) is 3. The van der Waals surface area contributed by atoms with Crippen molar-refractivity contribution in [2.75, 3.05) is 23.3 Å². The number of hydrogen-bond acceptors (Lipinski definition) is 5. The van der Waals surface area contributed by atoms with Crippen LogP contribution in [-0.4, -0.2) is 44.1 Å². The smallest absolute Gasteiger partial charge is 0.226 e. The van der Waals surface area contributed by atoms with Gasteiger partial charge in [-0.25, -0.2) is 4.98 Å². The SMILES string of the molecule is CC(C)C(=O)Nc1cncc(-c2ccc3[nH]nc(-c4cc5c(N6CCCCC6)ccnc5[nH]4)c3c2)c1. The molecule has 0 saturated carbocycles. The number of aromatic amines is 2. The molecule has 0 spiro atoms. The van der Waals surface area contributed by atoms with E-state index in [9.17, 15) is 4.79 Å². The quantitative estimate of drug-likeness (QED) is 0.298. The Hall–Kier alpha value is -4.20. The molecule has 1 amide bonds. The summed E-state index contributed by atoms with van der Waals surface area (Å²) in [5, 5.41) is 12.9. The molecule has 0 aliphatic carbocycles. The molecule has 1 aromatic carbocycles. The zero-order valence-corrected chi connectivity index (χ0v) is 20.5. The molecular weight excluding hydrogens is 450 g/mol. The van der Waals surface area contributed by atoms with Crippen LogP contribution in [0.5, 0.6) is 0 Å². The highest BCUT2D eigenvalue weighted by Gasteiger charge is 2.18. The fraction of sp³-hybridized carbons (Fsp3) is 0.286. The van der Waals surface area contributed by atoms with Crippen LogP contribution in [0.1, 0.15) is 33.1 Å². The fourth-order valence-electron chi connectivity index (χ4n) is 4.90. The number of H-pyrrole nitrogens is 2. The maximum atomic E-state index is 12.1. The van der Waals surface area contributed by atoms with E-state index in [2.05, 4.69) is 53.6 Å². The maximum Gasteiger partial charge on any atom is 0.226 e. The molecule has 6 rings (SSSR count). The van der Waals surface area contributed by atoms with E-state index in [-0.39, 0.29) is 11.8 Å². The number of anilines is 2. The number of nitrogens with zero attached hydrogens (tertiary/aromatic N) is 4. The molecule has 0 bridgehead atoms. The summed E-state index contributed by atoms with van der Waals surface area (Å²) in [6, 6.07) is 12.4. The van der Waals surface area contributed by atoms with E-state index in [0.29, 0.717) is 5.69 Å². The van der Waals surface area contributed by atoms with Gasteiger partial charge in [0.05, 0.1) is 23.1 Å². The Kier molecular flexibility index (Phi) is 5.64. The van der Waals surface area contributed by atoms with Crippen molar-refractivity contribution in [2.45, 2.75) is 33.1 Å². The molecule has 4 aromatic heterocycles. The van der Waals surface area contributed by atoms with E-state index in [0.717, 1.165) is 57.5 Å². The van der Waals surface area contributed by atoms with Gasteiger partial charge >= 0.3 is 0 Å². The fourth-order valence-corrected chi connectivity index (χ4v) is 4.90. The predicted molar refractivity (Wildman–Crippen MR) is 144 cm³/mol. The van der Waals surface area contributed by atoms with Crippen LogP contribution in [0.25, 0.3) is 44.5 Å². The number of carbonyl (C=O) groups excluding carboxylic acids is 1. The molecule has 0 atom stereocenters. The predicted octanol–water partition coefficient (Wildman–Crippen LogP) is 5.75. The van der Waals surface area contributed by atoms with Gasteiger partial charge in [0.25, 0.3) is 0 Å². The lowest BCUT2D eigenvalue weighted by Crippen LogP contribution is -2.29. The van der Waals surface area contributed by atoms with Crippen LogP contribution in [0, 0.1) is 5.92 Å². The second kappa shape index (κ2) is 9.11. The van der Waals surface area contributed by atoms with Crippen molar-refractivity contribution in [2.24, 2.45) is 5.92 Å². The minimum atomic E-state index is -0.0975. The van der Waals surface area contributed by atoms with Gasteiger partial charge in [0.15, 0.2) is 0 Å². The summed E-state index contributed by atoms with van der Waals surface area (Å²) in [4.78, 5) is 27.0. The highest BCUT2D eigenvalue weighted by molar-refractivity contribution is 6.00. The first-order chi connectivity index (χ1) is 17.6. The standard InChI is InChI=1S/C28H29N7O/c1-17(2)28(36)31-20-12-19(15-29-16-20)18-6-7-23-21(13-18)26(34-33-23)24-14-22-25(8-9-30-27(22)32-24)35-10-4-3-5-11-35/h6-9,12-17H,3-5,10-11H2,1-2H3,(H,30,32)(H,31,36)(H,33,34). The number of pyridine rings is 2. The first-order valence-electron chi connectivity index (χ1n) is 12.5. The maximum absolute atomic E-state index is 12.1. The minimum absolute atomic E-state index is 0.0298. The van der Waals surface area contributed by atoms with Crippen LogP contribution in [0.4, 0.5) is 11.4 Å². The molecule has 1 fully saturated rings. The van der Waals surface area contributed by atoms with Crippen molar-refractivity contribution in [3.63, 3.8) is 0 Å². The number of rotatable bonds is 5. The summed E-state index contributed by atoms with van der Waals surface area (Å²) in [5.74, 6) is -0.127. The summed E-state index contributed by atoms with van der Waals surface area (Å²) in [6.07, 6.45) is 9.11. The lowest BCUT2D eigenvalue weighted by atomic mass is 10.0. The van der Waals surface area contributed by atoms with E-state index in [4.69, 9.17) is 0 Å². The first-order valence-corrected chi connectivity index (χ1v) is 12.5. The van der Waals surface area contributed by atoms with Crippen molar-refractivity contribution >= 4 is 39.2 Å². The third kappa shape index (κ3) is 4.08. The Morgan fingerprint density at radius 1 is 1.00 bits per heavy atom. The van der Waals surface area contributed by atoms with Crippen LogP contribution in [0.2, 0.25) is 0 Å². The molecule has 8 nitrogen and oxygen atoms in total. The summed E-state index contributed by atoms with van der Waals surface area (Å²) < 4.78 is 0. The van der Waals surface area contributed by atoms with Crippen LogP contribution < -0.4 is 10.2 Å². The van der Waals surface area contributed by atoms with Gasteiger partial charge in [0.1, 0.15) is 11.3 Å². The second-order valence-electron chi connectivity index (χ2n) is 9.76. The summed E-state index contributed by atoms with van der Waals surface area (Å²) >= 11 is 0. The van der Waals surface area contributed by atoms with Gasteiger partial charge in [-0.15, -0.1) is 0 Å². The highest BCUT2D eigenvalue weighted by Crippen LogP contribution is 2.35. The van der Waals surface area contributed by atoms with Gasteiger partial charge in [-0.1, -0.05) is 19.9 Å². The molecule has 5 aromatic rings. The Labute approximate surface area is 209 Å². The normalized spacial score (nSPS) is 14.1. The van der Waals surface area contributed by atoms with E-state index in [1.54, 1.807) is 6.20 Å². The molecule has 1 aliphatic rings. The Balaban J connectivity index is 1.38. The van der Waals surface area contributed by atoms with Crippen LogP contribution in [0.3, 0.4) is 0 Å². The van der Waals surface area contributed by atoms with Crippen molar-refractivity contribution < 1.29 is 4.79 Å². The minimum Gasteiger partial charge on any atom is -0.371 e. The Bertz CT molecular complexity index is 1560. The number of benzene rings is 1. The molecule has 0 unspecified atom stereocenters. The average Bonchev–Trinajstić information content (AvgIpc) is 3.53. The summed E-state index contributed by atoms with van der Waals surface area (Å²) in [6.45, 7) is 5.91. The van der Waals surface area contributed by atoms with E-state index < -0.39 is 0 Å². The van der Waals surface area contributed by atoms with Crippen LogP contribution >= 0.6 is 0 Å². The lowest BCUT2D eigenvalue weighted by Gasteiger charge is -2.29. The molecule has 8 heteroatoms. The van der Waals surface area contributed by atoms with Crippen molar-refractivity contribution in [1.29, 1.82) is 0 Å². The van der Waals surface area contributed by atoms with Gasteiger partial charge in [-0.3, -0.25) is 14.9 Å². The van der Waals surface area contributed by atoms with Gasteiger partial charge in [-0.05, 0) is 55.2 Å². The largest absolute Gasteiger partial charge is 0.371 e. The van der Waals surface area contributed by atoms with Gasteiger partial charge in [0, 0.05) is 53.4 Å². The highest BCUT2D eigenvalue weighted by atomic mass is 16.1.